The lowest BCUT2D eigenvalue weighted by Crippen LogP contribution is -2.37. The second-order valence-corrected chi connectivity index (χ2v) is 4.98. The fraction of sp³-hybridized carbons (Fsp3) is 0.467. The number of nitrogens with two attached hydrogens (primary N) is 1. The minimum Gasteiger partial charge on any atom is -0.481 e. The summed E-state index contributed by atoms with van der Waals surface area (Å²) in [4.78, 5) is 24.2. The highest BCUT2D eigenvalue weighted by Crippen LogP contribution is 2.20. The van der Waals surface area contributed by atoms with Crippen LogP contribution >= 0.6 is 0 Å². The maximum Gasteiger partial charge on any atom is 0.303 e. The van der Waals surface area contributed by atoms with Crippen molar-refractivity contribution in [3.63, 3.8) is 0 Å². The van der Waals surface area contributed by atoms with Gasteiger partial charge >= 0.3 is 5.97 Å². The van der Waals surface area contributed by atoms with E-state index in [0.29, 0.717) is 13.0 Å². The Morgan fingerprint density at radius 3 is 2.45 bits per heavy atom. The highest BCUT2D eigenvalue weighted by Gasteiger charge is 2.24. The Morgan fingerprint density at radius 1 is 1.30 bits per heavy atom. The van der Waals surface area contributed by atoms with Crippen molar-refractivity contribution in [2.24, 2.45) is 11.7 Å². The van der Waals surface area contributed by atoms with Gasteiger partial charge in [-0.2, -0.15) is 0 Å². The van der Waals surface area contributed by atoms with E-state index in [1.807, 2.05) is 30.3 Å². The Bertz CT molecular complexity index is 448. The molecule has 1 aromatic rings. The van der Waals surface area contributed by atoms with Crippen LogP contribution in [0.25, 0.3) is 0 Å². The maximum absolute atomic E-state index is 12.2. The van der Waals surface area contributed by atoms with Crippen LogP contribution in [0.5, 0.6) is 0 Å². The van der Waals surface area contributed by atoms with Gasteiger partial charge in [0.15, 0.2) is 0 Å². The SMILES string of the molecule is CC(C(=O)N(C)CCCC(=O)O)C(N)c1ccccc1. The molecule has 0 fully saturated rings. The summed E-state index contributed by atoms with van der Waals surface area (Å²) in [5, 5.41) is 8.59. The monoisotopic (exact) mass is 278 g/mol. The molecule has 0 aliphatic carbocycles. The van der Waals surface area contributed by atoms with Gasteiger partial charge in [-0.05, 0) is 12.0 Å². The van der Waals surface area contributed by atoms with Gasteiger partial charge < -0.3 is 15.7 Å². The van der Waals surface area contributed by atoms with Crippen molar-refractivity contribution >= 4 is 11.9 Å². The van der Waals surface area contributed by atoms with Crippen LogP contribution in [0, 0.1) is 5.92 Å². The standard InChI is InChI=1S/C15H22N2O3/c1-11(14(16)12-7-4-3-5-8-12)15(20)17(2)10-6-9-13(18)19/h3-5,7-8,11,14H,6,9-10,16H2,1-2H3,(H,18,19). The fourth-order valence-electron chi connectivity index (χ4n) is 2.04. The molecule has 2 atom stereocenters. The number of hydrogen-bond donors (Lipinski definition) is 2. The number of carboxylic acids is 1. The Hall–Kier alpha value is -1.88. The quantitative estimate of drug-likeness (QED) is 0.794. The molecular weight excluding hydrogens is 256 g/mol. The average molecular weight is 278 g/mol. The Labute approximate surface area is 119 Å². The number of amides is 1. The van der Waals surface area contributed by atoms with Gasteiger partial charge in [0.25, 0.3) is 0 Å². The maximum atomic E-state index is 12.2. The van der Waals surface area contributed by atoms with Crippen LogP contribution in [0.1, 0.15) is 31.4 Å². The normalized spacial score (nSPS) is 13.6. The third-order valence-corrected chi connectivity index (χ3v) is 3.37. The molecule has 3 N–H and O–H groups in total. The zero-order chi connectivity index (χ0) is 15.1. The summed E-state index contributed by atoms with van der Waals surface area (Å²) in [7, 11) is 1.68. The van der Waals surface area contributed by atoms with E-state index in [0.717, 1.165) is 5.56 Å². The number of carboxylic acid groups (broad SMARTS) is 1. The van der Waals surface area contributed by atoms with Gasteiger partial charge in [0, 0.05) is 26.1 Å². The Morgan fingerprint density at radius 2 is 1.90 bits per heavy atom. The van der Waals surface area contributed by atoms with E-state index in [2.05, 4.69) is 0 Å². The third-order valence-electron chi connectivity index (χ3n) is 3.37. The molecule has 2 unspecified atom stereocenters. The molecule has 0 bridgehead atoms. The topological polar surface area (TPSA) is 83.6 Å². The van der Waals surface area contributed by atoms with E-state index >= 15 is 0 Å². The smallest absolute Gasteiger partial charge is 0.303 e. The first-order valence-corrected chi connectivity index (χ1v) is 6.70. The van der Waals surface area contributed by atoms with Crippen molar-refractivity contribution in [2.45, 2.75) is 25.8 Å². The third kappa shape index (κ3) is 4.66. The summed E-state index contributed by atoms with van der Waals surface area (Å²) >= 11 is 0. The Balaban J connectivity index is 2.55. The molecule has 0 heterocycles. The van der Waals surface area contributed by atoms with Gasteiger partial charge in [0.1, 0.15) is 0 Å². The van der Waals surface area contributed by atoms with E-state index in [1.54, 1.807) is 18.9 Å². The molecule has 110 valence electrons. The lowest BCUT2D eigenvalue weighted by molar-refractivity contribution is -0.138. The molecule has 20 heavy (non-hydrogen) atoms. The van der Waals surface area contributed by atoms with Crippen LogP contribution in [-0.2, 0) is 9.59 Å². The molecule has 1 rings (SSSR count). The highest BCUT2D eigenvalue weighted by molar-refractivity contribution is 5.79. The zero-order valence-corrected chi connectivity index (χ0v) is 12.0. The number of carbonyl (C=O) groups is 2. The lowest BCUT2D eigenvalue weighted by Gasteiger charge is -2.25. The predicted octanol–water partition coefficient (Wildman–Crippen LogP) is 1.65. The summed E-state index contributed by atoms with van der Waals surface area (Å²) in [6.45, 7) is 2.23. The number of benzene rings is 1. The van der Waals surface area contributed by atoms with Crippen molar-refractivity contribution in [1.29, 1.82) is 0 Å². The molecule has 0 spiro atoms. The van der Waals surface area contributed by atoms with Gasteiger partial charge in [-0.3, -0.25) is 9.59 Å². The second kappa shape index (κ2) is 7.65. The molecule has 1 amide bonds. The van der Waals surface area contributed by atoms with Crippen molar-refractivity contribution in [3.05, 3.63) is 35.9 Å². The molecule has 0 saturated carbocycles. The van der Waals surface area contributed by atoms with Gasteiger partial charge in [-0.15, -0.1) is 0 Å². The van der Waals surface area contributed by atoms with E-state index in [-0.39, 0.29) is 24.3 Å². The number of hydrogen-bond acceptors (Lipinski definition) is 3. The first-order valence-electron chi connectivity index (χ1n) is 6.70. The van der Waals surface area contributed by atoms with Crippen LogP contribution in [-0.4, -0.2) is 35.5 Å². The lowest BCUT2D eigenvalue weighted by atomic mass is 9.94. The van der Waals surface area contributed by atoms with Crippen molar-refractivity contribution in [2.75, 3.05) is 13.6 Å². The summed E-state index contributed by atoms with van der Waals surface area (Å²) in [5.74, 6) is -1.25. The molecule has 5 nitrogen and oxygen atoms in total. The van der Waals surface area contributed by atoms with Crippen molar-refractivity contribution < 1.29 is 14.7 Å². The van der Waals surface area contributed by atoms with E-state index in [1.165, 1.54) is 0 Å². The predicted molar refractivity (Wildman–Crippen MR) is 77.0 cm³/mol. The average Bonchev–Trinajstić information content (AvgIpc) is 2.45. The van der Waals surface area contributed by atoms with Crippen LogP contribution in [0.4, 0.5) is 0 Å². The Kier molecular flexibility index (Phi) is 6.18. The van der Waals surface area contributed by atoms with Crippen LogP contribution in [0.2, 0.25) is 0 Å². The van der Waals surface area contributed by atoms with E-state index in [4.69, 9.17) is 10.8 Å². The number of nitrogens with zero attached hydrogens (tertiary/aromatic N) is 1. The number of carbonyl (C=O) groups excluding carboxylic acids is 1. The first kappa shape index (κ1) is 16.2. The second-order valence-electron chi connectivity index (χ2n) is 4.98. The van der Waals surface area contributed by atoms with Gasteiger partial charge in [0.05, 0.1) is 5.92 Å². The molecule has 0 aromatic heterocycles. The van der Waals surface area contributed by atoms with E-state index < -0.39 is 5.97 Å². The number of rotatable bonds is 7. The molecule has 1 aromatic carbocycles. The van der Waals surface area contributed by atoms with Crippen LogP contribution < -0.4 is 5.73 Å². The van der Waals surface area contributed by atoms with Crippen molar-refractivity contribution in [3.8, 4) is 0 Å². The molecule has 5 heteroatoms. The zero-order valence-electron chi connectivity index (χ0n) is 12.0. The van der Waals surface area contributed by atoms with Crippen LogP contribution in [0.15, 0.2) is 30.3 Å². The molecule has 0 aliphatic rings. The minimum absolute atomic E-state index is 0.0632. The summed E-state index contributed by atoms with van der Waals surface area (Å²) in [6.07, 6.45) is 0.515. The van der Waals surface area contributed by atoms with Gasteiger partial charge in [0.2, 0.25) is 5.91 Å². The van der Waals surface area contributed by atoms with Crippen molar-refractivity contribution in [1.82, 2.24) is 4.90 Å². The first-order chi connectivity index (χ1) is 9.43. The number of aliphatic carboxylic acids is 1. The van der Waals surface area contributed by atoms with Gasteiger partial charge in [-0.1, -0.05) is 37.3 Å². The summed E-state index contributed by atoms with van der Waals surface area (Å²) in [6, 6.07) is 9.13. The van der Waals surface area contributed by atoms with Gasteiger partial charge in [-0.25, -0.2) is 0 Å². The molecule has 0 aliphatic heterocycles. The largest absolute Gasteiger partial charge is 0.481 e. The molecule has 0 radical (unpaired) electrons. The summed E-state index contributed by atoms with van der Waals surface area (Å²) < 4.78 is 0. The summed E-state index contributed by atoms with van der Waals surface area (Å²) in [5.41, 5.74) is 7.04. The van der Waals surface area contributed by atoms with E-state index in [9.17, 15) is 9.59 Å². The molecular formula is C15H22N2O3. The minimum atomic E-state index is -0.847. The fourth-order valence-corrected chi connectivity index (χ4v) is 2.04. The highest BCUT2D eigenvalue weighted by atomic mass is 16.4. The molecule has 0 saturated heterocycles. The van der Waals surface area contributed by atoms with Crippen LogP contribution in [0.3, 0.4) is 0 Å².